The molecule has 8 nitrogen and oxygen atoms in total. The Bertz CT molecular complexity index is 1250. The fourth-order valence-corrected chi connectivity index (χ4v) is 4.65. The second-order valence-corrected chi connectivity index (χ2v) is 8.43. The Labute approximate surface area is 175 Å². The van der Waals surface area contributed by atoms with Gasteiger partial charge in [-0.15, -0.1) is 22.7 Å². The number of thiazole rings is 1. The molecule has 146 valence electrons. The van der Waals surface area contributed by atoms with Gasteiger partial charge in [-0.1, -0.05) is 23.9 Å². The van der Waals surface area contributed by atoms with Gasteiger partial charge in [0.15, 0.2) is 10.3 Å². The van der Waals surface area contributed by atoms with Gasteiger partial charge in [0.1, 0.15) is 4.70 Å². The fraction of sp³-hybridized carbons (Fsp3) is 0.0556. The van der Waals surface area contributed by atoms with E-state index in [-0.39, 0.29) is 22.8 Å². The molecule has 0 saturated heterocycles. The predicted molar refractivity (Wildman–Crippen MR) is 111 cm³/mol. The maximum atomic E-state index is 13.0. The zero-order chi connectivity index (χ0) is 20.4. The van der Waals surface area contributed by atoms with Crippen LogP contribution in [0.4, 0.5) is 5.13 Å². The third-order valence-electron chi connectivity index (χ3n) is 3.82. The molecular weight excluding hydrogens is 432 g/mol. The Balaban J connectivity index is 1.68. The first kappa shape index (κ1) is 19.3. The van der Waals surface area contributed by atoms with Crippen LogP contribution < -0.4 is 16.0 Å². The van der Waals surface area contributed by atoms with E-state index in [9.17, 15) is 19.5 Å². The van der Waals surface area contributed by atoms with Crippen LogP contribution in [0.25, 0.3) is 15.9 Å². The second-order valence-electron chi connectivity index (χ2n) is 5.68. The summed E-state index contributed by atoms with van der Waals surface area (Å²) in [5.41, 5.74) is 0.717. The number of thiophene rings is 1. The van der Waals surface area contributed by atoms with Gasteiger partial charge in [-0.3, -0.25) is 14.2 Å². The number of hydrogen-bond acceptors (Lipinski definition) is 9. The first-order chi connectivity index (χ1) is 14.0. The van der Waals surface area contributed by atoms with Crippen LogP contribution in [0.2, 0.25) is 0 Å². The molecule has 0 atom stereocenters. The molecule has 3 aromatic heterocycles. The highest BCUT2D eigenvalue weighted by Crippen LogP contribution is 2.24. The molecule has 11 heteroatoms. The molecule has 1 N–H and O–H groups in total. The third-order valence-corrected chi connectivity index (χ3v) is 6.34. The van der Waals surface area contributed by atoms with Gasteiger partial charge in [0.2, 0.25) is 5.91 Å². The van der Waals surface area contributed by atoms with Crippen molar-refractivity contribution in [2.45, 2.75) is 5.16 Å². The van der Waals surface area contributed by atoms with Crippen molar-refractivity contribution < 1.29 is 14.7 Å². The van der Waals surface area contributed by atoms with Crippen LogP contribution in [0.1, 0.15) is 10.4 Å². The number of nitrogens with one attached hydrogen (secondary N) is 1. The molecule has 0 unspecified atom stereocenters. The van der Waals surface area contributed by atoms with Crippen molar-refractivity contribution in [1.82, 2.24) is 14.5 Å². The predicted octanol–water partition coefficient (Wildman–Crippen LogP) is 2.00. The molecule has 0 aliphatic rings. The Kier molecular flexibility index (Phi) is 5.43. The van der Waals surface area contributed by atoms with Crippen molar-refractivity contribution in [2.24, 2.45) is 0 Å². The molecule has 0 aliphatic heterocycles. The number of carboxylic acid groups (broad SMARTS) is 1. The molecule has 1 amide bonds. The minimum atomic E-state index is -1.30. The Morgan fingerprint density at radius 3 is 2.62 bits per heavy atom. The van der Waals surface area contributed by atoms with E-state index in [1.54, 1.807) is 23.0 Å². The lowest BCUT2D eigenvalue weighted by molar-refractivity contribution is -0.255. The van der Waals surface area contributed by atoms with Gasteiger partial charge < -0.3 is 15.2 Å². The minimum absolute atomic E-state index is 0.00369. The van der Waals surface area contributed by atoms with Crippen molar-refractivity contribution in [1.29, 1.82) is 0 Å². The normalized spacial score (nSPS) is 10.9. The number of thioether (sulfide) groups is 1. The minimum Gasteiger partial charge on any atom is -0.545 e. The molecule has 0 saturated carbocycles. The van der Waals surface area contributed by atoms with Crippen molar-refractivity contribution in [2.75, 3.05) is 11.1 Å². The topological polar surface area (TPSA) is 117 Å². The van der Waals surface area contributed by atoms with Gasteiger partial charge in [0, 0.05) is 11.6 Å². The molecular formula is C18H11N4O4S3-. The molecule has 0 aliphatic carbocycles. The van der Waals surface area contributed by atoms with E-state index in [2.05, 4.69) is 15.3 Å². The third kappa shape index (κ3) is 4.06. The Morgan fingerprint density at radius 1 is 1.14 bits per heavy atom. The van der Waals surface area contributed by atoms with E-state index < -0.39 is 5.97 Å². The first-order valence-electron chi connectivity index (χ1n) is 8.17. The van der Waals surface area contributed by atoms with E-state index in [4.69, 9.17) is 0 Å². The number of nitrogens with zero attached hydrogens (tertiary/aromatic N) is 3. The largest absolute Gasteiger partial charge is 0.545 e. The van der Waals surface area contributed by atoms with Gasteiger partial charge in [-0.05, 0) is 29.1 Å². The average molecular weight is 444 g/mol. The molecule has 3 heterocycles. The quantitative estimate of drug-likeness (QED) is 0.358. The number of rotatable bonds is 6. The lowest BCUT2D eigenvalue weighted by Gasteiger charge is -2.12. The number of anilines is 1. The Morgan fingerprint density at radius 2 is 1.93 bits per heavy atom. The monoisotopic (exact) mass is 443 g/mol. The van der Waals surface area contributed by atoms with Gasteiger partial charge >= 0.3 is 0 Å². The number of carboxylic acids is 1. The maximum absolute atomic E-state index is 13.0. The highest BCUT2D eigenvalue weighted by molar-refractivity contribution is 7.99. The summed E-state index contributed by atoms with van der Waals surface area (Å²) in [6, 6.07) is 7.48. The number of benzene rings is 1. The highest BCUT2D eigenvalue weighted by atomic mass is 32.2. The average Bonchev–Trinajstić information content (AvgIpc) is 3.38. The van der Waals surface area contributed by atoms with Crippen molar-refractivity contribution in [3.63, 3.8) is 0 Å². The highest BCUT2D eigenvalue weighted by Gasteiger charge is 2.16. The number of hydrogen-bond donors (Lipinski definition) is 1. The van der Waals surface area contributed by atoms with Gasteiger partial charge in [-0.25, -0.2) is 9.97 Å². The molecule has 1 aromatic carbocycles. The fourth-order valence-electron chi connectivity index (χ4n) is 2.53. The SMILES string of the molecule is O=C(CSc1nc2ccsc2c(=O)n1-c1ccc(C(=O)[O-])cc1)Nc1nccs1. The molecule has 29 heavy (non-hydrogen) atoms. The number of aromatic nitrogens is 3. The number of aromatic carboxylic acids is 1. The van der Waals surface area contributed by atoms with Crippen molar-refractivity contribution in [3.8, 4) is 5.69 Å². The van der Waals surface area contributed by atoms with Crippen molar-refractivity contribution in [3.05, 3.63) is 63.2 Å². The van der Waals surface area contributed by atoms with Crippen LogP contribution in [0, 0.1) is 0 Å². The lowest BCUT2D eigenvalue weighted by Crippen LogP contribution is -2.23. The summed E-state index contributed by atoms with van der Waals surface area (Å²) >= 11 is 3.69. The molecule has 0 bridgehead atoms. The van der Waals surface area contributed by atoms with E-state index in [0.29, 0.717) is 26.2 Å². The summed E-state index contributed by atoms with van der Waals surface area (Å²) < 4.78 is 1.85. The number of carbonyl (C=O) groups excluding carboxylic acids is 2. The summed E-state index contributed by atoms with van der Waals surface area (Å²) in [5, 5.41) is 18.0. The number of fused-ring (bicyclic) bond motifs is 1. The molecule has 4 rings (SSSR count). The number of carbonyl (C=O) groups is 2. The van der Waals surface area contributed by atoms with Crippen LogP contribution >= 0.6 is 34.4 Å². The van der Waals surface area contributed by atoms with Crippen molar-refractivity contribution >= 4 is 61.7 Å². The van der Waals surface area contributed by atoms with Crippen LogP contribution in [0.15, 0.2) is 57.2 Å². The number of amides is 1. The summed E-state index contributed by atoms with van der Waals surface area (Å²) in [4.78, 5) is 44.7. The summed E-state index contributed by atoms with van der Waals surface area (Å²) in [7, 11) is 0. The van der Waals surface area contributed by atoms with Gasteiger partial charge in [0.05, 0.1) is 22.9 Å². The van der Waals surface area contributed by atoms with Crippen LogP contribution in [0.5, 0.6) is 0 Å². The maximum Gasteiger partial charge on any atom is 0.276 e. The van der Waals surface area contributed by atoms with Crippen LogP contribution in [-0.2, 0) is 4.79 Å². The van der Waals surface area contributed by atoms with Crippen LogP contribution in [0.3, 0.4) is 0 Å². The lowest BCUT2D eigenvalue weighted by atomic mass is 10.2. The smallest absolute Gasteiger partial charge is 0.276 e. The van der Waals surface area contributed by atoms with Gasteiger partial charge in [0.25, 0.3) is 5.56 Å². The Hall–Kier alpha value is -3.02. The molecule has 0 radical (unpaired) electrons. The van der Waals surface area contributed by atoms with E-state index >= 15 is 0 Å². The summed E-state index contributed by atoms with van der Waals surface area (Å²) in [6.07, 6.45) is 1.59. The standard InChI is InChI=1S/C18H12N4O4S3/c23-13(21-17-19-6-8-28-17)9-29-18-20-12-5-7-27-14(12)15(24)22(18)11-3-1-10(2-4-11)16(25)26/h1-8H,9H2,(H,25,26)(H,19,21,23)/p-1. The molecule has 0 spiro atoms. The second kappa shape index (κ2) is 8.15. The van der Waals surface area contributed by atoms with Crippen LogP contribution in [-0.4, -0.2) is 32.2 Å². The summed E-state index contributed by atoms with van der Waals surface area (Å²) in [6.45, 7) is 0. The van der Waals surface area contributed by atoms with E-state index in [1.165, 1.54) is 51.5 Å². The zero-order valence-electron chi connectivity index (χ0n) is 14.5. The van der Waals surface area contributed by atoms with E-state index in [1.807, 2.05) is 0 Å². The van der Waals surface area contributed by atoms with E-state index in [0.717, 1.165) is 11.8 Å². The molecule has 0 fully saturated rings. The summed E-state index contributed by atoms with van der Waals surface area (Å²) in [5.74, 6) is -1.55. The first-order valence-corrected chi connectivity index (χ1v) is 10.9. The van der Waals surface area contributed by atoms with Gasteiger partial charge in [-0.2, -0.15) is 0 Å². The zero-order valence-corrected chi connectivity index (χ0v) is 17.0. The molecule has 4 aromatic rings.